The molecule has 0 aliphatic rings. The number of hydrogen-bond donors (Lipinski definition) is 0. The van der Waals surface area contributed by atoms with Crippen LogP contribution in [0.15, 0.2) is 72.8 Å². The summed E-state index contributed by atoms with van der Waals surface area (Å²) < 4.78 is 20.3. The standard InChI is InChI=1S/C48H66O3/c1-43(2,3)31-19-32(44(4,5)6)23-37(22-31)49-40-28-41(50-38-24-33(45(7,8)9)20-34(25-38)46(10,11)12)30-42(29-40)51-39-26-35(47(13,14)15)21-36(27-39)48(16,17)18/h19-30H,1-18H3. The molecule has 0 spiro atoms. The number of hydrogen-bond acceptors (Lipinski definition) is 3. The molecule has 0 atom stereocenters. The average molecular weight is 691 g/mol. The molecule has 0 N–H and O–H groups in total. The van der Waals surface area contributed by atoms with E-state index in [9.17, 15) is 0 Å². The van der Waals surface area contributed by atoms with Gasteiger partial charge in [-0.1, -0.05) is 143 Å². The second-order valence-electron chi connectivity index (χ2n) is 20.7. The molecular formula is C48H66O3. The second kappa shape index (κ2) is 13.7. The van der Waals surface area contributed by atoms with Crippen LogP contribution in [0.25, 0.3) is 0 Å². The Morgan fingerprint density at radius 2 is 0.353 bits per heavy atom. The van der Waals surface area contributed by atoms with Gasteiger partial charge in [0.2, 0.25) is 0 Å². The molecule has 0 saturated carbocycles. The fraction of sp³-hybridized carbons (Fsp3) is 0.500. The molecule has 0 heterocycles. The van der Waals surface area contributed by atoms with E-state index in [0.717, 1.165) is 17.2 Å². The van der Waals surface area contributed by atoms with E-state index in [1.165, 1.54) is 33.4 Å². The lowest BCUT2D eigenvalue weighted by Gasteiger charge is -2.27. The van der Waals surface area contributed by atoms with Crippen LogP contribution in [0.4, 0.5) is 0 Å². The highest BCUT2D eigenvalue weighted by Crippen LogP contribution is 2.41. The fourth-order valence-corrected chi connectivity index (χ4v) is 5.70. The van der Waals surface area contributed by atoms with E-state index in [1.54, 1.807) is 0 Å². The lowest BCUT2D eigenvalue weighted by molar-refractivity contribution is 0.434. The van der Waals surface area contributed by atoms with Crippen molar-refractivity contribution in [2.45, 2.75) is 157 Å². The van der Waals surface area contributed by atoms with Crippen LogP contribution >= 0.6 is 0 Å². The molecule has 0 aromatic heterocycles. The van der Waals surface area contributed by atoms with Crippen molar-refractivity contribution in [3.05, 3.63) is 106 Å². The number of rotatable bonds is 6. The van der Waals surface area contributed by atoms with Crippen molar-refractivity contribution >= 4 is 0 Å². The Labute approximate surface area is 311 Å². The van der Waals surface area contributed by atoms with Gasteiger partial charge in [0, 0.05) is 18.2 Å². The summed E-state index contributed by atoms with van der Waals surface area (Å²) >= 11 is 0. The molecule has 0 saturated heterocycles. The first kappa shape index (κ1) is 40.1. The molecule has 0 fully saturated rings. The topological polar surface area (TPSA) is 27.7 Å². The minimum atomic E-state index is -0.0374. The van der Waals surface area contributed by atoms with Gasteiger partial charge in [-0.25, -0.2) is 0 Å². The van der Waals surface area contributed by atoms with E-state index in [-0.39, 0.29) is 32.5 Å². The fourth-order valence-electron chi connectivity index (χ4n) is 5.70. The van der Waals surface area contributed by atoms with Gasteiger partial charge in [-0.2, -0.15) is 0 Å². The summed E-state index contributed by atoms with van der Waals surface area (Å²) in [5.41, 5.74) is 7.17. The zero-order valence-electron chi connectivity index (χ0n) is 35.2. The minimum absolute atomic E-state index is 0.0374. The quantitative estimate of drug-likeness (QED) is 0.202. The van der Waals surface area contributed by atoms with Crippen LogP contribution in [0, 0.1) is 0 Å². The predicted molar refractivity (Wildman–Crippen MR) is 218 cm³/mol. The van der Waals surface area contributed by atoms with E-state index in [0.29, 0.717) is 17.2 Å². The molecule has 4 rings (SSSR count). The molecule has 0 radical (unpaired) electrons. The maximum atomic E-state index is 6.76. The molecular weight excluding hydrogens is 625 g/mol. The highest BCUT2D eigenvalue weighted by atomic mass is 16.5. The number of benzene rings is 4. The first-order valence-corrected chi connectivity index (χ1v) is 18.7. The number of ether oxygens (including phenoxy) is 3. The van der Waals surface area contributed by atoms with Crippen LogP contribution < -0.4 is 14.2 Å². The molecule has 3 nitrogen and oxygen atoms in total. The van der Waals surface area contributed by atoms with Gasteiger partial charge >= 0.3 is 0 Å². The van der Waals surface area contributed by atoms with Gasteiger partial charge in [0.15, 0.2) is 0 Å². The van der Waals surface area contributed by atoms with Gasteiger partial charge in [-0.15, -0.1) is 0 Å². The Kier molecular flexibility index (Phi) is 10.7. The summed E-state index contributed by atoms with van der Waals surface area (Å²) in [6.07, 6.45) is 0. The molecule has 0 bridgehead atoms. The van der Waals surface area contributed by atoms with Crippen molar-refractivity contribution in [1.29, 1.82) is 0 Å². The van der Waals surface area contributed by atoms with Crippen molar-refractivity contribution < 1.29 is 14.2 Å². The third kappa shape index (κ3) is 10.7. The maximum absolute atomic E-state index is 6.76. The Balaban J connectivity index is 1.90. The van der Waals surface area contributed by atoms with Crippen LogP contribution in [-0.4, -0.2) is 0 Å². The van der Waals surface area contributed by atoms with Crippen molar-refractivity contribution in [3.63, 3.8) is 0 Å². The monoisotopic (exact) mass is 691 g/mol. The molecule has 51 heavy (non-hydrogen) atoms. The molecule has 0 unspecified atom stereocenters. The molecule has 276 valence electrons. The van der Waals surface area contributed by atoms with E-state index in [2.05, 4.69) is 179 Å². The summed E-state index contributed by atoms with van der Waals surface area (Å²) in [6.45, 7) is 40.4. The molecule has 3 heteroatoms. The minimum Gasteiger partial charge on any atom is -0.457 e. The highest BCUT2D eigenvalue weighted by molar-refractivity contribution is 5.51. The predicted octanol–water partition coefficient (Wildman–Crippen LogP) is 14.8. The normalized spacial score (nSPS) is 13.3. The Morgan fingerprint density at radius 1 is 0.216 bits per heavy atom. The molecule has 0 aliphatic heterocycles. The van der Waals surface area contributed by atoms with E-state index in [4.69, 9.17) is 14.2 Å². The van der Waals surface area contributed by atoms with Crippen molar-refractivity contribution in [2.24, 2.45) is 0 Å². The van der Waals surface area contributed by atoms with Gasteiger partial charge in [-0.3, -0.25) is 0 Å². The summed E-state index contributed by atoms with van der Waals surface area (Å²) in [5, 5.41) is 0. The van der Waals surface area contributed by atoms with Gasteiger partial charge < -0.3 is 14.2 Å². The van der Waals surface area contributed by atoms with E-state index >= 15 is 0 Å². The maximum Gasteiger partial charge on any atom is 0.134 e. The van der Waals surface area contributed by atoms with Gasteiger partial charge in [0.1, 0.15) is 34.5 Å². The summed E-state index contributed by atoms with van der Waals surface area (Å²) in [6, 6.07) is 25.8. The smallest absolute Gasteiger partial charge is 0.134 e. The molecule has 0 amide bonds. The van der Waals surface area contributed by atoms with Crippen LogP contribution in [-0.2, 0) is 32.5 Å². The summed E-state index contributed by atoms with van der Waals surface area (Å²) in [5.74, 6) is 4.35. The third-order valence-electron chi connectivity index (χ3n) is 9.48. The van der Waals surface area contributed by atoms with Crippen molar-refractivity contribution in [1.82, 2.24) is 0 Å². The van der Waals surface area contributed by atoms with Crippen LogP contribution in [0.3, 0.4) is 0 Å². The molecule has 4 aromatic carbocycles. The summed E-state index contributed by atoms with van der Waals surface area (Å²) in [7, 11) is 0. The lowest BCUT2D eigenvalue weighted by Crippen LogP contribution is -2.16. The Hall–Kier alpha value is -3.72. The molecule has 4 aromatic rings. The zero-order valence-corrected chi connectivity index (χ0v) is 35.2. The first-order valence-electron chi connectivity index (χ1n) is 18.7. The second-order valence-corrected chi connectivity index (χ2v) is 20.7. The van der Waals surface area contributed by atoms with Crippen molar-refractivity contribution in [2.75, 3.05) is 0 Å². The van der Waals surface area contributed by atoms with Gasteiger partial charge in [-0.05, 0) is 102 Å². The SMILES string of the molecule is CC(C)(C)c1cc(Oc2cc(Oc3cc(C(C)(C)C)cc(C(C)(C)C)c3)cc(Oc3cc(C(C)(C)C)cc(C(C)(C)C)c3)c2)cc(C(C)(C)C)c1. The van der Waals surface area contributed by atoms with Crippen molar-refractivity contribution in [3.8, 4) is 34.5 Å². The third-order valence-corrected chi connectivity index (χ3v) is 9.48. The van der Waals surface area contributed by atoms with Crippen LogP contribution in [0.2, 0.25) is 0 Å². The van der Waals surface area contributed by atoms with Crippen LogP contribution in [0.5, 0.6) is 34.5 Å². The van der Waals surface area contributed by atoms with Gasteiger partial charge in [0.05, 0.1) is 0 Å². The first-order chi connectivity index (χ1) is 23.0. The highest BCUT2D eigenvalue weighted by Gasteiger charge is 2.25. The zero-order chi connectivity index (χ0) is 38.5. The average Bonchev–Trinajstić information content (AvgIpc) is 2.94. The largest absolute Gasteiger partial charge is 0.457 e. The van der Waals surface area contributed by atoms with E-state index < -0.39 is 0 Å². The Bertz CT molecular complexity index is 1520. The lowest BCUT2D eigenvalue weighted by atomic mass is 9.80. The molecule has 0 aliphatic carbocycles. The van der Waals surface area contributed by atoms with Gasteiger partial charge in [0.25, 0.3) is 0 Å². The van der Waals surface area contributed by atoms with E-state index in [1.807, 2.05) is 18.2 Å². The summed E-state index contributed by atoms with van der Waals surface area (Å²) in [4.78, 5) is 0. The Morgan fingerprint density at radius 3 is 0.490 bits per heavy atom. The van der Waals surface area contributed by atoms with Crippen LogP contribution in [0.1, 0.15) is 158 Å².